The topological polar surface area (TPSA) is 34.5 Å². The van der Waals surface area contributed by atoms with E-state index in [0.29, 0.717) is 13.2 Å². The summed E-state index contributed by atoms with van der Waals surface area (Å²) in [7, 11) is 0. The molecule has 1 aromatic heterocycles. The number of benzene rings is 1. The van der Waals surface area contributed by atoms with Crippen LogP contribution in [-0.2, 0) is 4.74 Å². The summed E-state index contributed by atoms with van der Waals surface area (Å²) >= 11 is 0. The number of carbonyl (C=O) groups excluding carboxylic acids is 1. The zero-order valence-electron chi connectivity index (χ0n) is 15.0. The minimum Gasteiger partial charge on any atom is -0.376 e. The Morgan fingerprint density at radius 1 is 1.21 bits per heavy atom. The fraction of sp³-hybridized carbons (Fsp3) is 0.450. The second kappa shape index (κ2) is 6.91. The molecule has 4 nitrogen and oxygen atoms in total. The number of ether oxygens (including phenoxy) is 1. The summed E-state index contributed by atoms with van der Waals surface area (Å²) in [6.45, 7) is 11.0. The standard InChI is InChI=1S/C20H26N2O2/c1-14-5-7-18(8-6-14)22-15(2)11-19(17(22)4)20(23)13-21-9-10-24-16(3)12-21/h5-8,11,16H,9-10,12-13H2,1-4H3. The van der Waals surface area contributed by atoms with Crippen LogP contribution >= 0.6 is 0 Å². The number of rotatable bonds is 4. The van der Waals surface area contributed by atoms with Crippen LogP contribution in [-0.4, -0.2) is 47.6 Å². The monoisotopic (exact) mass is 326 g/mol. The summed E-state index contributed by atoms with van der Waals surface area (Å²) in [4.78, 5) is 15.0. The molecule has 1 fully saturated rings. The molecule has 0 saturated carbocycles. The first-order valence-corrected chi connectivity index (χ1v) is 8.59. The molecule has 2 aromatic rings. The van der Waals surface area contributed by atoms with Gasteiger partial charge in [0.05, 0.1) is 19.3 Å². The molecule has 4 heteroatoms. The summed E-state index contributed by atoms with van der Waals surface area (Å²) in [5.74, 6) is 0.190. The molecule has 1 saturated heterocycles. The first kappa shape index (κ1) is 16.9. The van der Waals surface area contributed by atoms with Crippen molar-refractivity contribution in [1.82, 2.24) is 9.47 Å². The van der Waals surface area contributed by atoms with Gasteiger partial charge in [-0.15, -0.1) is 0 Å². The second-order valence-electron chi connectivity index (χ2n) is 6.80. The Labute approximate surface area is 144 Å². The van der Waals surface area contributed by atoms with E-state index in [-0.39, 0.29) is 11.9 Å². The van der Waals surface area contributed by atoms with E-state index in [1.54, 1.807) is 0 Å². The lowest BCUT2D eigenvalue weighted by Gasteiger charge is -2.30. The van der Waals surface area contributed by atoms with Crippen molar-refractivity contribution in [3.05, 3.63) is 52.8 Å². The Bertz CT molecular complexity index is 731. The molecular formula is C20H26N2O2. The van der Waals surface area contributed by atoms with E-state index >= 15 is 0 Å². The lowest BCUT2D eigenvalue weighted by Crippen LogP contribution is -2.43. The number of aryl methyl sites for hydroxylation is 2. The molecule has 2 heterocycles. The van der Waals surface area contributed by atoms with Crippen LogP contribution in [0.4, 0.5) is 0 Å². The van der Waals surface area contributed by atoms with Crippen LogP contribution in [0.3, 0.4) is 0 Å². The van der Waals surface area contributed by atoms with Gasteiger partial charge < -0.3 is 9.30 Å². The predicted molar refractivity (Wildman–Crippen MR) is 96.2 cm³/mol. The zero-order chi connectivity index (χ0) is 17.3. The van der Waals surface area contributed by atoms with Crippen LogP contribution in [0.5, 0.6) is 0 Å². The summed E-state index contributed by atoms with van der Waals surface area (Å²) in [5.41, 5.74) is 5.28. The number of Topliss-reactive ketones (excluding diaryl/α,β-unsaturated/α-hetero) is 1. The number of hydrogen-bond donors (Lipinski definition) is 0. The molecular weight excluding hydrogens is 300 g/mol. The lowest BCUT2D eigenvalue weighted by molar-refractivity contribution is -0.0158. The highest BCUT2D eigenvalue weighted by atomic mass is 16.5. The fourth-order valence-corrected chi connectivity index (χ4v) is 3.46. The van der Waals surface area contributed by atoms with Crippen molar-refractivity contribution >= 4 is 5.78 Å². The molecule has 0 radical (unpaired) electrons. The number of hydrogen-bond acceptors (Lipinski definition) is 3. The van der Waals surface area contributed by atoms with Crippen LogP contribution in [0, 0.1) is 20.8 Å². The molecule has 1 aliphatic heterocycles. The van der Waals surface area contributed by atoms with Gasteiger partial charge in [-0.2, -0.15) is 0 Å². The molecule has 0 spiro atoms. The minimum atomic E-state index is 0.190. The van der Waals surface area contributed by atoms with Gasteiger partial charge in [0.2, 0.25) is 0 Å². The maximum Gasteiger partial charge on any atom is 0.178 e. The average molecular weight is 326 g/mol. The summed E-state index contributed by atoms with van der Waals surface area (Å²) in [6.07, 6.45) is 0.200. The second-order valence-corrected chi connectivity index (χ2v) is 6.80. The van der Waals surface area contributed by atoms with Crippen LogP contribution < -0.4 is 0 Å². The normalized spacial score (nSPS) is 18.8. The van der Waals surface area contributed by atoms with Gasteiger partial charge in [0.15, 0.2) is 5.78 Å². The highest BCUT2D eigenvalue weighted by molar-refractivity contribution is 5.99. The molecule has 1 aromatic carbocycles. The quantitative estimate of drug-likeness (QED) is 0.809. The van der Waals surface area contributed by atoms with Crippen molar-refractivity contribution in [2.24, 2.45) is 0 Å². The number of nitrogens with zero attached hydrogens (tertiary/aromatic N) is 2. The lowest BCUT2D eigenvalue weighted by atomic mass is 10.1. The van der Waals surface area contributed by atoms with Crippen molar-refractivity contribution in [3.8, 4) is 5.69 Å². The van der Waals surface area contributed by atoms with E-state index < -0.39 is 0 Å². The average Bonchev–Trinajstić information content (AvgIpc) is 2.83. The van der Waals surface area contributed by atoms with Crippen molar-refractivity contribution in [2.75, 3.05) is 26.2 Å². The van der Waals surface area contributed by atoms with Crippen molar-refractivity contribution in [1.29, 1.82) is 0 Å². The van der Waals surface area contributed by atoms with E-state index in [9.17, 15) is 4.79 Å². The molecule has 1 unspecified atom stereocenters. The van der Waals surface area contributed by atoms with Gasteiger partial charge in [-0.05, 0) is 45.9 Å². The number of carbonyl (C=O) groups is 1. The highest BCUT2D eigenvalue weighted by Gasteiger charge is 2.22. The third-order valence-corrected chi connectivity index (χ3v) is 4.72. The Morgan fingerprint density at radius 2 is 1.92 bits per heavy atom. The molecule has 0 bridgehead atoms. The smallest absolute Gasteiger partial charge is 0.178 e. The van der Waals surface area contributed by atoms with E-state index in [4.69, 9.17) is 4.74 Å². The predicted octanol–water partition coefficient (Wildman–Crippen LogP) is 3.31. The zero-order valence-corrected chi connectivity index (χ0v) is 15.0. The third kappa shape index (κ3) is 3.45. The van der Waals surface area contributed by atoms with Crippen LogP contribution in [0.25, 0.3) is 5.69 Å². The molecule has 1 aliphatic rings. The Morgan fingerprint density at radius 3 is 2.58 bits per heavy atom. The highest BCUT2D eigenvalue weighted by Crippen LogP contribution is 2.22. The Kier molecular flexibility index (Phi) is 4.88. The third-order valence-electron chi connectivity index (χ3n) is 4.72. The number of aromatic nitrogens is 1. The SMILES string of the molecule is Cc1ccc(-n2c(C)cc(C(=O)CN3CCOC(C)C3)c2C)cc1. The van der Waals surface area contributed by atoms with E-state index in [0.717, 1.165) is 35.7 Å². The maximum atomic E-state index is 12.8. The van der Waals surface area contributed by atoms with Gasteiger partial charge in [0.25, 0.3) is 0 Å². The fourth-order valence-electron chi connectivity index (χ4n) is 3.46. The molecule has 0 amide bonds. The maximum absolute atomic E-state index is 12.8. The molecule has 3 rings (SSSR count). The number of ketones is 1. The van der Waals surface area contributed by atoms with E-state index in [1.165, 1.54) is 5.56 Å². The molecule has 128 valence electrons. The van der Waals surface area contributed by atoms with Crippen LogP contribution in [0.15, 0.2) is 30.3 Å². The van der Waals surface area contributed by atoms with Gasteiger partial charge >= 0.3 is 0 Å². The van der Waals surface area contributed by atoms with Gasteiger partial charge in [0, 0.05) is 35.7 Å². The molecule has 0 N–H and O–H groups in total. The van der Waals surface area contributed by atoms with Gasteiger partial charge in [-0.3, -0.25) is 9.69 Å². The van der Waals surface area contributed by atoms with Crippen molar-refractivity contribution < 1.29 is 9.53 Å². The minimum absolute atomic E-state index is 0.190. The summed E-state index contributed by atoms with van der Waals surface area (Å²) < 4.78 is 7.71. The number of morpholine rings is 1. The largest absolute Gasteiger partial charge is 0.376 e. The first-order chi connectivity index (χ1) is 11.5. The molecule has 24 heavy (non-hydrogen) atoms. The Hall–Kier alpha value is -1.91. The first-order valence-electron chi connectivity index (χ1n) is 8.59. The van der Waals surface area contributed by atoms with E-state index in [2.05, 4.69) is 54.5 Å². The van der Waals surface area contributed by atoms with Gasteiger partial charge in [0.1, 0.15) is 0 Å². The van der Waals surface area contributed by atoms with E-state index in [1.807, 2.05) is 13.0 Å². The summed E-state index contributed by atoms with van der Waals surface area (Å²) in [5, 5.41) is 0. The Balaban J connectivity index is 1.83. The molecule has 1 atom stereocenters. The van der Waals surface area contributed by atoms with Crippen molar-refractivity contribution in [2.45, 2.75) is 33.8 Å². The van der Waals surface area contributed by atoms with Crippen LogP contribution in [0.1, 0.15) is 34.2 Å². The molecule has 0 aliphatic carbocycles. The van der Waals surface area contributed by atoms with Gasteiger partial charge in [-0.1, -0.05) is 17.7 Å². The van der Waals surface area contributed by atoms with Crippen LogP contribution in [0.2, 0.25) is 0 Å². The van der Waals surface area contributed by atoms with Gasteiger partial charge in [-0.25, -0.2) is 0 Å². The van der Waals surface area contributed by atoms with Crippen molar-refractivity contribution in [3.63, 3.8) is 0 Å². The summed E-state index contributed by atoms with van der Waals surface area (Å²) in [6, 6.07) is 10.4.